The summed E-state index contributed by atoms with van der Waals surface area (Å²) in [6.45, 7) is 1.08. The largest absolute Gasteiger partial charge is 0.481 e. The molecule has 3 N–H and O–H groups in total. The zero-order chi connectivity index (χ0) is 15.8. The highest BCUT2D eigenvalue weighted by molar-refractivity contribution is 5.66. The lowest BCUT2D eigenvalue weighted by molar-refractivity contribution is -0.138. The summed E-state index contributed by atoms with van der Waals surface area (Å²) >= 11 is 0. The van der Waals surface area contributed by atoms with Crippen LogP contribution in [0, 0.1) is 0 Å². The maximum Gasteiger partial charge on any atom is 0.303 e. The zero-order valence-corrected chi connectivity index (χ0v) is 12.1. The van der Waals surface area contributed by atoms with Gasteiger partial charge in [0.15, 0.2) is 0 Å². The molecule has 0 heterocycles. The van der Waals surface area contributed by atoms with Gasteiger partial charge in [0.25, 0.3) is 5.97 Å². The standard InChI is InChI=1S/C12H22O4.C2H4O2/c13-11(14)9-7-5-3-1-2-4-6-8-10-12(15)16;1-2(3)4/h1-10H2,(H,13,14)(H,15,16);1H3,(H,3,4). The van der Waals surface area contributed by atoms with Crippen LogP contribution in [0.15, 0.2) is 0 Å². The Labute approximate surface area is 119 Å². The quantitative estimate of drug-likeness (QED) is 0.504. The van der Waals surface area contributed by atoms with Crippen LogP contribution >= 0.6 is 0 Å². The Morgan fingerprint density at radius 3 is 1.00 bits per heavy atom. The first-order valence-electron chi connectivity index (χ1n) is 6.99. The minimum absolute atomic E-state index is 0.276. The van der Waals surface area contributed by atoms with Crippen LogP contribution in [0.1, 0.15) is 71.1 Å². The van der Waals surface area contributed by atoms with Gasteiger partial charge in [-0.05, 0) is 12.8 Å². The van der Waals surface area contributed by atoms with Gasteiger partial charge >= 0.3 is 11.9 Å². The summed E-state index contributed by atoms with van der Waals surface area (Å²) in [6.07, 6.45) is 8.51. The second-order valence-corrected chi connectivity index (χ2v) is 4.63. The normalized spacial score (nSPS) is 9.45. The molecular formula is C14H26O6. The van der Waals surface area contributed by atoms with Crippen molar-refractivity contribution in [1.82, 2.24) is 0 Å². The third-order valence-corrected chi connectivity index (χ3v) is 2.53. The van der Waals surface area contributed by atoms with Gasteiger partial charge in [0.05, 0.1) is 0 Å². The van der Waals surface area contributed by atoms with Gasteiger partial charge in [0, 0.05) is 19.8 Å². The molecule has 6 nitrogen and oxygen atoms in total. The minimum Gasteiger partial charge on any atom is -0.481 e. The molecule has 20 heavy (non-hydrogen) atoms. The summed E-state index contributed by atoms with van der Waals surface area (Å²) < 4.78 is 0. The number of hydrogen-bond donors (Lipinski definition) is 3. The third kappa shape index (κ3) is 29.9. The van der Waals surface area contributed by atoms with E-state index in [4.69, 9.17) is 20.1 Å². The van der Waals surface area contributed by atoms with E-state index >= 15 is 0 Å². The van der Waals surface area contributed by atoms with E-state index in [0.717, 1.165) is 58.3 Å². The van der Waals surface area contributed by atoms with Crippen molar-refractivity contribution in [2.75, 3.05) is 0 Å². The second-order valence-electron chi connectivity index (χ2n) is 4.63. The van der Waals surface area contributed by atoms with Gasteiger partial charge < -0.3 is 15.3 Å². The summed E-state index contributed by atoms with van der Waals surface area (Å²) in [4.78, 5) is 29.4. The van der Waals surface area contributed by atoms with Crippen LogP contribution in [0.4, 0.5) is 0 Å². The lowest BCUT2D eigenvalue weighted by Gasteiger charge is -2.00. The molecule has 0 aromatic rings. The lowest BCUT2D eigenvalue weighted by Crippen LogP contribution is -1.94. The molecule has 0 amide bonds. The Kier molecular flexibility index (Phi) is 16.0. The van der Waals surface area contributed by atoms with Gasteiger partial charge in [-0.2, -0.15) is 0 Å². The first-order chi connectivity index (χ1) is 9.36. The highest BCUT2D eigenvalue weighted by Gasteiger charge is 1.98. The van der Waals surface area contributed by atoms with Gasteiger partial charge in [0.1, 0.15) is 0 Å². The predicted molar refractivity (Wildman–Crippen MR) is 74.8 cm³/mol. The van der Waals surface area contributed by atoms with E-state index in [2.05, 4.69) is 0 Å². The van der Waals surface area contributed by atoms with Crippen molar-refractivity contribution >= 4 is 17.9 Å². The lowest BCUT2D eigenvalue weighted by atomic mass is 10.1. The molecule has 0 aromatic heterocycles. The van der Waals surface area contributed by atoms with Gasteiger partial charge in [-0.25, -0.2) is 0 Å². The van der Waals surface area contributed by atoms with Crippen molar-refractivity contribution in [3.8, 4) is 0 Å². The highest BCUT2D eigenvalue weighted by atomic mass is 16.4. The Balaban J connectivity index is 0. The van der Waals surface area contributed by atoms with Crippen LogP contribution < -0.4 is 0 Å². The fraction of sp³-hybridized carbons (Fsp3) is 0.786. The van der Waals surface area contributed by atoms with Crippen molar-refractivity contribution in [2.45, 2.75) is 71.1 Å². The average molecular weight is 290 g/mol. The van der Waals surface area contributed by atoms with Gasteiger partial charge in [-0.1, -0.05) is 38.5 Å². The van der Waals surface area contributed by atoms with Gasteiger partial charge in [0.2, 0.25) is 0 Å². The van der Waals surface area contributed by atoms with Crippen LogP contribution in [-0.2, 0) is 14.4 Å². The maximum absolute atomic E-state index is 10.2. The van der Waals surface area contributed by atoms with Gasteiger partial charge in [-0.3, -0.25) is 14.4 Å². The van der Waals surface area contributed by atoms with Crippen LogP contribution in [0.2, 0.25) is 0 Å². The highest BCUT2D eigenvalue weighted by Crippen LogP contribution is 2.10. The monoisotopic (exact) mass is 290 g/mol. The van der Waals surface area contributed by atoms with Crippen molar-refractivity contribution in [2.24, 2.45) is 0 Å². The van der Waals surface area contributed by atoms with Crippen molar-refractivity contribution in [3.63, 3.8) is 0 Å². The fourth-order valence-corrected chi connectivity index (χ4v) is 1.61. The molecule has 0 spiro atoms. The summed E-state index contributed by atoms with van der Waals surface area (Å²) in [7, 11) is 0. The van der Waals surface area contributed by atoms with Crippen molar-refractivity contribution < 1.29 is 29.7 Å². The number of carbonyl (C=O) groups is 3. The average Bonchev–Trinajstić information content (AvgIpc) is 2.30. The van der Waals surface area contributed by atoms with E-state index in [-0.39, 0.29) is 12.8 Å². The molecule has 0 bridgehead atoms. The number of carboxylic acids is 3. The van der Waals surface area contributed by atoms with Gasteiger partial charge in [-0.15, -0.1) is 0 Å². The van der Waals surface area contributed by atoms with Crippen molar-refractivity contribution in [1.29, 1.82) is 0 Å². The zero-order valence-electron chi connectivity index (χ0n) is 12.1. The molecule has 118 valence electrons. The molecule has 0 unspecified atom stereocenters. The third-order valence-electron chi connectivity index (χ3n) is 2.53. The number of unbranched alkanes of at least 4 members (excludes halogenated alkanes) is 7. The fourth-order valence-electron chi connectivity index (χ4n) is 1.61. The molecule has 6 heteroatoms. The molecule has 0 aliphatic heterocycles. The van der Waals surface area contributed by atoms with E-state index in [1.807, 2.05) is 0 Å². The molecule has 0 atom stereocenters. The molecule has 0 aliphatic carbocycles. The molecule has 0 aromatic carbocycles. The number of hydrogen-bond acceptors (Lipinski definition) is 3. The Bertz CT molecular complexity index is 249. The van der Waals surface area contributed by atoms with Crippen molar-refractivity contribution in [3.05, 3.63) is 0 Å². The van der Waals surface area contributed by atoms with E-state index in [1.165, 1.54) is 0 Å². The second kappa shape index (κ2) is 15.5. The maximum atomic E-state index is 10.2. The predicted octanol–water partition coefficient (Wildman–Crippen LogP) is 3.15. The molecule has 0 saturated carbocycles. The molecule has 0 fully saturated rings. The Hall–Kier alpha value is -1.59. The van der Waals surface area contributed by atoms with E-state index in [1.54, 1.807) is 0 Å². The number of aliphatic carboxylic acids is 3. The molecule has 0 saturated heterocycles. The van der Waals surface area contributed by atoms with E-state index < -0.39 is 17.9 Å². The number of carboxylic acid groups (broad SMARTS) is 3. The summed E-state index contributed by atoms with van der Waals surface area (Å²) in [6, 6.07) is 0. The topological polar surface area (TPSA) is 112 Å². The first-order valence-corrected chi connectivity index (χ1v) is 6.99. The van der Waals surface area contributed by atoms with E-state index in [9.17, 15) is 9.59 Å². The molecule has 0 radical (unpaired) electrons. The van der Waals surface area contributed by atoms with Crippen LogP contribution in [0.25, 0.3) is 0 Å². The summed E-state index contributed by atoms with van der Waals surface area (Å²) in [5, 5.41) is 24.2. The Morgan fingerprint density at radius 1 is 0.600 bits per heavy atom. The summed E-state index contributed by atoms with van der Waals surface area (Å²) in [5.74, 6) is -2.26. The molecule has 0 aliphatic rings. The van der Waals surface area contributed by atoms with Crippen LogP contribution in [0.5, 0.6) is 0 Å². The number of rotatable bonds is 11. The van der Waals surface area contributed by atoms with Crippen LogP contribution in [-0.4, -0.2) is 33.2 Å². The molecular weight excluding hydrogens is 264 g/mol. The SMILES string of the molecule is CC(=O)O.O=C(O)CCCCCCCCCCC(=O)O. The Morgan fingerprint density at radius 2 is 0.800 bits per heavy atom. The minimum atomic E-state index is -0.833. The first kappa shape index (κ1) is 20.7. The smallest absolute Gasteiger partial charge is 0.303 e. The van der Waals surface area contributed by atoms with Crippen LogP contribution in [0.3, 0.4) is 0 Å². The summed E-state index contributed by atoms with van der Waals surface area (Å²) in [5.41, 5.74) is 0. The molecule has 0 rings (SSSR count). The van der Waals surface area contributed by atoms with E-state index in [0.29, 0.717) is 0 Å².